The smallest absolute Gasteiger partial charge is 0.161 e. The molecule has 0 amide bonds. The second-order valence-electron chi connectivity index (χ2n) is 5.30. The molecular weight excluding hydrogens is 238 g/mol. The van der Waals surface area contributed by atoms with Crippen molar-refractivity contribution in [3.63, 3.8) is 0 Å². The summed E-state index contributed by atoms with van der Waals surface area (Å²) >= 11 is 0. The van der Waals surface area contributed by atoms with Crippen molar-refractivity contribution in [2.24, 2.45) is 0 Å². The third-order valence-electron chi connectivity index (χ3n) is 4.05. The van der Waals surface area contributed by atoms with Crippen LogP contribution in [0.2, 0.25) is 0 Å². The Kier molecular flexibility index (Phi) is 3.47. The largest absolute Gasteiger partial charge is 0.486 e. The quantitative estimate of drug-likeness (QED) is 0.843. The number of fused-ring (bicyclic) bond motifs is 1. The summed E-state index contributed by atoms with van der Waals surface area (Å²) in [5.41, 5.74) is 1.54. The lowest BCUT2D eigenvalue weighted by molar-refractivity contribution is 0.171. The van der Waals surface area contributed by atoms with E-state index in [0.29, 0.717) is 13.2 Å². The van der Waals surface area contributed by atoms with Crippen molar-refractivity contribution < 1.29 is 9.47 Å². The summed E-state index contributed by atoms with van der Waals surface area (Å²) in [6.07, 6.45) is 6.77. The second kappa shape index (κ2) is 5.25. The molecule has 3 heteroatoms. The third kappa shape index (κ3) is 2.35. The number of rotatable bonds is 4. The summed E-state index contributed by atoms with van der Waals surface area (Å²) in [6, 6.07) is 6.41. The number of benzene rings is 1. The van der Waals surface area contributed by atoms with Crippen LogP contribution in [0.25, 0.3) is 0 Å². The summed E-state index contributed by atoms with van der Waals surface area (Å²) < 4.78 is 11.3. The Bertz CT molecular complexity index is 474. The van der Waals surface area contributed by atoms with E-state index in [1.165, 1.54) is 5.56 Å². The fourth-order valence-electron chi connectivity index (χ4n) is 2.92. The summed E-state index contributed by atoms with van der Waals surface area (Å²) in [4.78, 5) is 0. The zero-order chi connectivity index (χ0) is 13.1. The highest BCUT2D eigenvalue weighted by Crippen LogP contribution is 2.41. The van der Waals surface area contributed by atoms with Gasteiger partial charge in [0.25, 0.3) is 0 Å². The zero-order valence-corrected chi connectivity index (χ0v) is 11.4. The summed E-state index contributed by atoms with van der Waals surface area (Å²) in [6.45, 7) is 5.47. The van der Waals surface area contributed by atoms with Crippen LogP contribution < -0.4 is 14.8 Å². The Morgan fingerprint density at radius 2 is 1.84 bits per heavy atom. The molecule has 0 fully saturated rings. The molecule has 1 aliphatic heterocycles. The SMILES string of the molecule is CCNCC1(c2ccc3c(c2)OCCO3)CC=CC1. The normalized spacial score (nSPS) is 19.6. The maximum absolute atomic E-state index is 5.71. The van der Waals surface area contributed by atoms with Crippen LogP contribution in [0.1, 0.15) is 25.3 Å². The molecule has 1 aromatic carbocycles. The molecule has 0 atom stereocenters. The highest BCUT2D eigenvalue weighted by molar-refractivity contribution is 5.47. The summed E-state index contributed by atoms with van der Waals surface area (Å²) in [5.74, 6) is 1.77. The van der Waals surface area contributed by atoms with Gasteiger partial charge in [-0.2, -0.15) is 0 Å². The third-order valence-corrected chi connectivity index (χ3v) is 4.05. The average molecular weight is 259 g/mol. The molecule has 3 rings (SSSR count). The van der Waals surface area contributed by atoms with Gasteiger partial charge in [-0.1, -0.05) is 25.1 Å². The zero-order valence-electron chi connectivity index (χ0n) is 11.4. The van der Waals surface area contributed by atoms with Gasteiger partial charge in [0.1, 0.15) is 13.2 Å². The van der Waals surface area contributed by atoms with E-state index in [2.05, 4.69) is 42.6 Å². The van der Waals surface area contributed by atoms with Gasteiger partial charge in [-0.05, 0) is 37.1 Å². The number of hydrogen-bond acceptors (Lipinski definition) is 3. The van der Waals surface area contributed by atoms with Crippen molar-refractivity contribution in [1.82, 2.24) is 5.32 Å². The molecule has 3 nitrogen and oxygen atoms in total. The number of allylic oxidation sites excluding steroid dienone is 2. The van der Waals surface area contributed by atoms with Crippen molar-refractivity contribution in [2.45, 2.75) is 25.2 Å². The fourth-order valence-corrected chi connectivity index (χ4v) is 2.92. The number of ether oxygens (including phenoxy) is 2. The van der Waals surface area contributed by atoms with E-state index in [1.54, 1.807) is 0 Å². The van der Waals surface area contributed by atoms with E-state index in [1.807, 2.05) is 0 Å². The van der Waals surface area contributed by atoms with E-state index in [0.717, 1.165) is 37.4 Å². The molecule has 102 valence electrons. The van der Waals surface area contributed by atoms with Crippen LogP contribution in [-0.4, -0.2) is 26.3 Å². The highest BCUT2D eigenvalue weighted by Gasteiger charge is 2.33. The van der Waals surface area contributed by atoms with Gasteiger partial charge < -0.3 is 14.8 Å². The molecule has 0 saturated carbocycles. The molecule has 0 spiro atoms. The first-order chi connectivity index (χ1) is 9.34. The lowest BCUT2D eigenvalue weighted by atomic mass is 9.78. The second-order valence-corrected chi connectivity index (χ2v) is 5.30. The van der Waals surface area contributed by atoms with Crippen molar-refractivity contribution in [2.75, 3.05) is 26.3 Å². The van der Waals surface area contributed by atoms with Crippen molar-refractivity contribution in [1.29, 1.82) is 0 Å². The van der Waals surface area contributed by atoms with Crippen LogP contribution in [0.15, 0.2) is 30.4 Å². The van der Waals surface area contributed by atoms with E-state index < -0.39 is 0 Å². The first-order valence-corrected chi connectivity index (χ1v) is 7.10. The van der Waals surface area contributed by atoms with Crippen molar-refractivity contribution in [3.8, 4) is 11.5 Å². The molecule has 2 aliphatic rings. The standard InChI is InChI=1S/C16H21NO2/c1-2-17-12-16(7-3-4-8-16)13-5-6-14-15(11-13)19-10-9-18-14/h3-6,11,17H,2,7-10,12H2,1H3. The van der Waals surface area contributed by atoms with Gasteiger partial charge in [0.2, 0.25) is 0 Å². The predicted octanol–water partition coefficient (Wildman–Crippen LogP) is 2.66. The highest BCUT2D eigenvalue weighted by atomic mass is 16.6. The molecule has 1 aliphatic carbocycles. The summed E-state index contributed by atoms with van der Waals surface area (Å²) in [5, 5.41) is 3.50. The van der Waals surface area contributed by atoms with Crippen LogP contribution in [0.4, 0.5) is 0 Å². The minimum Gasteiger partial charge on any atom is -0.486 e. The maximum Gasteiger partial charge on any atom is 0.161 e. The monoisotopic (exact) mass is 259 g/mol. The van der Waals surface area contributed by atoms with E-state index >= 15 is 0 Å². The minimum absolute atomic E-state index is 0.186. The van der Waals surface area contributed by atoms with Crippen LogP contribution >= 0.6 is 0 Å². The van der Waals surface area contributed by atoms with Gasteiger partial charge in [0.05, 0.1) is 0 Å². The van der Waals surface area contributed by atoms with Crippen LogP contribution in [-0.2, 0) is 5.41 Å². The molecule has 19 heavy (non-hydrogen) atoms. The Balaban J connectivity index is 1.90. The predicted molar refractivity (Wildman–Crippen MR) is 76.0 cm³/mol. The van der Waals surface area contributed by atoms with E-state index in [9.17, 15) is 0 Å². The molecular formula is C16H21NO2. The Hall–Kier alpha value is -1.48. The minimum atomic E-state index is 0.186. The fraction of sp³-hybridized carbons (Fsp3) is 0.500. The molecule has 0 bridgehead atoms. The first kappa shape index (κ1) is 12.5. The van der Waals surface area contributed by atoms with Crippen molar-refractivity contribution in [3.05, 3.63) is 35.9 Å². The van der Waals surface area contributed by atoms with Gasteiger partial charge in [-0.25, -0.2) is 0 Å². The number of likely N-dealkylation sites (N-methyl/N-ethyl adjacent to an activating group) is 1. The van der Waals surface area contributed by atoms with Crippen LogP contribution in [0.5, 0.6) is 11.5 Å². The molecule has 0 unspecified atom stereocenters. The molecule has 1 N–H and O–H groups in total. The molecule has 0 radical (unpaired) electrons. The van der Waals surface area contributed by atoms with Gasteiger partial charge in [0, 0.05) is 12.0 Å². The van der Waals surface area contributed by atoms with Crippen molar-refractivity contribution >= 4 is 0 Å². The summed E-state index contributed by atoms with van der Waals surface area (Å²) in [7, 11) is 0. The first-order valence-electron chi connectivity index (χ1n) is 7.10. The molecule has 1 aromatic rings. The maximum atomic E-state index is 5.71. The number of hydrogen-bond donors (Lipinski definition) is 1. The van der Waals surface area contributed by atoms with Gasteiger partial charge in [-0.15, -0.1) is 0 Å². The Labute approximate surface area is 114 Å². The van der Waals surface area contributed by atoms with Crippen LogP contribution in [0.3, 0.4) is 0 Å². The lowest BCUT2D eigenvalue weighted by Crippen LogP contribution is -2.36. The topological polar surface area (TPSA) is 30.5 Å². The Morgan fingerprint density at radius 1 is 1.11 bits per heavy atom. The molecule has 0 saturated heterocycles. The van der Waals surface area contributed by atoms with Gasteiger partial charge >= 0.3 is 0 Å². The van der Waals surface area contributed by atoms with E-state index in [4.69, 9.17) is 9.47 Å². The Morgan fingerprint density at radius 3 is 2.58 bits per heavy atom. The lowest BCUT2D eigenvalue weighted by Gasteiger charge is -2.31. The average Bonchev–Trinajstić information content (AvgIpc) is 2.95. The molecule has 1 heterocycles. The van der Waals surface area contributed by atoms with Crippen LogP contribution in [0, 0.1) is 0 Å². The van der Waals surface area contributed by atoms with Gasteiger partial charge in [-0.3, -0.25) is 0 Å². The van der Waals surface area contributed by atoms with Gasteiger partial charge in [0.15, 0.2) is 11.5 Å². The number of nitrogens with one attached hydrogen (secondary N) is 1. The molecule has 0 aromatic heterocycles. The van der Waals surface area contributed by atoms with E-state index in [-0.39, 0.29) is 5.41 Å².